The lowest BCUT2D eigenvalue weighted by Gasteiger charge is -2.37. The molecule has 144 valence electrons. The molecule has 1 aromatic carbocycles. The quantitative estimate of drug-likeness (QED) is 0.763. The Morgan fingerprint density at radius 1 is 1.19 bits per heavy atom. The second-order valence-corrected chi connectivity index (χ2v) is 8.83. The second kappa shape index (κ2) is 7.25. The zero-order valence-corrected chi connectivity index (χ0v) is 16.5. The topological polar surface area (TPSA) is 49.9 Å². The molecule has 2 rings (SSSR count). The molecule has 0 N–H and O–H groups in total. The number of halogens is 1. The number of ether oxygens (including phenoxy) is 1. The van der Waals surface area contributed by atoms with Gasteiger partial charge in [-0.1, -0.05) is 32.9 Å². The standard InChI is InChI=1S/C20H29FN2O3/c1-19(2,3)16(17(24)26-20(4,5)6)23-11-10-22(18(23)25)13-14-8-7-9-15(21)12-14/h7-9,12,16H,10-11,13H2,1-6H3/t16-/m1/s1. The van der Waals surface area contributed by atoms with Crippen LogP contribution in [0.4, 0.5) is 9.18 Å². The smallest absolute Gasteiger partial charge is 0.329 e. The SMILES string of the molecule is CC(C)(C)OC(=O)[C@@H](N1CCN(Cc2cccc(F)c2)C1=O)C(C)(C)C. The van der Waals surface area contributed by atoms with Crippen LogP contribution in [-0.4, -0.2) is 46.5 Å². The number of urea groups is 1. The molecule has 2 amide bonds. The van der Waals surface area contributed by atoms with Gasteiger partial charge in [-0.25, -0.2) is 14.0 Å². The van der Waals surface area contributed by atoms with Crippen LogP contribution in [-0.2, 0) is 16.1 Å². The number of nitrogens with zero attached hydrogens (tertiary/aromatic N) is 2. The summed E-state index contributed by atoms with van der Waals surface area (Å²) in [5.74, 6) is -0.724. The van der Waals surface area contributed by atoms with Crippen molar-refractivity contribution in [1.29, 1.82) is 0 Å². The Morgan fingerprint density at radius 3 is 2.38 bits per heavy atom. The Hall–Kier alpha value is -2.11. The molecule has 0 aromatic heterocycles. The molecule has 0 radical (unpaired) electrons. The van der Waals surface area contributed by atoms with E-state index in [9.17, 15) is 14.0 Å². The van der Waals surface area contributed by atoms with Crippen LogP contribution < -0.4 is 0 Å². The maximum atomic E-state index is 13.4. The fourth-order valence-electron chi connectivity index (χ4n) is 3.15. The molecule has 0 aliphatic carbocycles. The highest BCUT2D eigenvalue weighted by atomic mass is 19.1. The van der Waals surface area contributed by atoms with Crippen molar-refractivity contribution in [2.45, 2.75) is 59.7 Å². The average molecular weight is 364 g/mol. The number of benzene rings is 1. The molecule has 1 atom stereocenters. The Labute approximate surface area is 155 Å². The van der Waals surface area contributed by atoms with Gasteiger partial charge in [-0.05, 0) is 43.9 Å². The summed E-state index contributed by atoms with van der Waals surface area (Å²) in [4.78, 5) is 28.9. The zero-order valence-electron chi connectivity index (χ0n) is 16.5. The van der Waals surface area contributed by atoms with Crippen molar-refractivity contribution >= 4 is 12.0 Å². The van der Waals surface area contributed by atoms with E-state index in [0.29, 0.717) is 19.6 Å². The van der Waals surface area contributed by atoms with E-state index in [-0.39, 0.29) is 11.8 Å². The minimum absolute atomic E-state index is 0.222. The van der Waals surface area contributed by atoms with E-state index in [2.05, 4.69) is 0 Å². The number of carbonyl (C=O) groups is 2. The molecule has 0 saturated carbocycles. The zero-order chi connectivity index (χ0) is 19.7. The Bertz CT molecular complexity index is 676. The van der Waals surface area contributed by atoms with E-state index in [4.69, 9.17) is 4.74 Å². The first kappa shape index (κ1) is 20.2. The highest BCUT2D eigenvalue weighted by molar-refractivity contribution is 5.85. The molecule has 1 fully saturated rings. The third kappa shape index (κ3) is 4.96. The minimum atomic E-state index is -0.674. The number of hydrogen-bond donors (Lipinski definition) is 0. The fourth-order valence-corrected chi connectivity index (χ4v) is 3.15. The van der Waals surface area contributed by atoms with Gasteiger partial charge in [-0.2, -0.15) is 0 Å². The van der Waals surface area contributed by atoms with Gasteiger partial charge in [0.15, 0.2) is 0 Å². The lowest BCUT2D eigenvalue weighted by molar-refractivity contribution is -0.164. The molecule has 26 heavy (non-hydrogen) atoms. The van der Waals surface area contributed by atoms with Crippen LogP contribution in [0.25, 0.3) is 0 Å². The van der Waals surface area contributed by atoms with Gasteiger partial charge >= 0.3 is 12.0 Å². The van der Waals surface area contributed by atoms with Gasteiger partial charge in [-0.3, -0.25) is 0 Å². The summed E-state index contributed by atoms with van der Waals surface area (Å²) < 4.78 is 18.9. The van der Waals surface area contributed by atoms with E-state index in [1.54, 1.807) is 21.9 Å². The van der Waals surface area contributed by atoms with Crippen molar-refractivity contribution in [3.63, 3.8) is 0 Å². The lowest BCUT2D eigenvalue weighted by Crippen LogP contribution is -2.52. The molecule has 0 spiro atoms. The normalized spacial score (nSPS) is 16.8. The van der Waals surface area contributed by atoms with E-state index in [1.807, 2.05) is 41.5 Å². The molecule has 1 heterocycles. The maximum absolute atomic E-state index is 13.4. The highest BCUT2D eigenvalue weighted by Crippen LogP contribution is 2.30. The lowest BCUT2D eigenvalue weighted by atomic mass is 9.85. The van der Waals surface area contributed by atoms with Crippen LogP contribution in [0.5, 0.6) is 0 Å². The van der Waals surface area contributed by atoms with Crippen LogP contribution in [0.1, 0.15) is 47.1 Å². The van der Waals surface area contributed by atoms with Gasteiger partial charge in [0, 0.05) is 19.6 Å². The van der Waals surface area contributed by atoms with Crippen LogP contribution in [0.2, 0.25) is 0 Å². The van der Waals surface area contributed by atoms with Gasteiger partial charge in [-0.15, -0.1) is 0 Å². The van der Waals surface area contributed by atoms with E-state index < -0.39 is 23.0 Å². The molecular weight excluding hydrogens is 335 g/mol. The van der Waals surface area contributed by atoms with Gasteiger partial charge < -0.3 is 14.5 Å². The van der Waals surface area contributed by atoms with Gasteiger partial charge in [0.1, 0.15) is 17.5 Å². The molecule has 1 saturated heterocycles. The molecule has 0 unspecified atom stereocenters. The summed E-state index contributed by atoms with van der Waals surface area (Å²) in [6, 6.07) is 5.31. The largest absolute Gasteiger partial charge is 0.458 e. The molecular formula is C20H29FN2O3. The third-order valence-electron chi connectivity index (χ3n) is 4.15. The predicted molar refractivity (Wildman–Crippen MR) is 98.0 cm³/mol. The van der Waals surface area contributed by atoms with Crippen molar-refractivity contribution in [1.82, 2.24) is 9.80 Å². The summed E-state index contributed by atoms with van der Waals surface area (Å²) in [7, 11) is 0. The van der Waals surface area contributed by atoms with Crippen LogP contribution >= 0.6 is 0 Å². The summed E-state index contributed by atoms with van der Waals surface area (Å²) in [6.45, 7) is 12.4. The third-order valence-corrected chi connectivity index (χ3v) is 4.15. The summed E-state index contributed by atoms with van der Waals surface area (Å²) in [5, 5.41) is 0. The predicted octanol–water partition coefficient (Wildman–Crippen LogP) is 3.82. The molecule has 1 aliphatic heterocycles. The van der Waals surface area contributed by atoms with E-state index in [1.165, 1.54) is 12.1 Å². The summed E-state index contributed by atoms with van der Waals surface area (Å²) in [6.07, 6.45) is 0. The van der Waals surface area contributed by atoms with Crippen molar-refractivity contribution in [3.8, 4) is 0 Å². The first-order chi connectivity index (χ1) is 11.9. The van der Waals surface area contributed by atoms with Gasteiger partial charge in [0.25, 0.3) is 0 Å². The Kier molecular flexibility index (Phi) is 5.64. The molecule has 1 aromatic rings. The number of amides is 2. The number of carbonyl (C=O) groups excluding carboxylic acids is 2. The Balaban J connectivity index is 2.17. The highest BCUT2D eigenvalue weighted by Gasteiger charge is 2.45. The summed E-state index contributed by atoms with van der Waals surface area (Å²) >= 11 is 0. The van der Waals surface area contributed by atoms with Crippen molar-refractivity contribution in [2.75, 3.05) is 13.1 Å². The monoisotopic (exact) mass is 364 g/mol. The first-order valence-corrected chi connectivity index (χ1v) is 8.91. The van der Waals surface area contributed by atoms with E-state index >= 15 is 0 Å². The number of rotatable bonds is 4. The second-order valence-electron chi connectivity index (χ2n) is 8.83. The Morgan fingerprint density at radius 2 is 1.85 bits per heavy atom. The van der Waals surface area contributed by atoms with Crippen molar-refractivity contribution in [3.05, 3.63) is 35.6 Å². The fraction of sp³-hybridized carbons (Fsp3) is 0.600. The van der Waals surface area contributed by atoms with Crippen LogP contribution in [0.15, 0.2) is 24.3 Å². The van der Waals surface area contributed by atoms with Crippen LogP contribution in [0, 0.1) is 11.2 Å². The number of esters is 1. The van der Waals surface area contributed by atoms with Crippen molar-refractivity contribution in [2.24, 2.45) is 5.41 Å². The van der Waals surface area contributed by atoms with Gasteiger partial charge in [0.05, 0.1) is 0 Å². The molecule has 5 nitrogen and oxygen atoms in total. The van der Waals surface area contributed by atoms with E-state index in [0.717, 1.165) is 5.56 Å². The molecule has 1 aliphatic rings. The average Bonchev–Trinajstić information content (AvgIpc) is 2.77. The number of hydrogen-bond acceptors (Lipinski definition) is 3. The summed E-state index contributed by atoms with van der Waals surface area (Å²) in [5.41, 5.74) is -0.359. The first-order valence-electron chi connectivity index (χ1n) is 8.91. The maximum Gasteiger partial charge on any atom is 0.329 e. The van der Waals surface area contributed by atoms with Crippen molar-refractivity contribution < 1.29 is 18.7 Å². The molecule has 6 heteroatoms. The van der Waals surface area contributed by atoms with Gasteiger partial charge in [0.2, 0.25) is 0 Å². The minimum Gasteiger partial charge on any atom is -0.458 e. The van der Waals surface area contributed by atoms with Crippen LogP contribution in [0.3, 0.4) is 0 Å². The molecule has 0 bridgehead atoms.